The maximum absolute atomic E-state index is 12.8. The third-order valence-corrected chi connectivity index (χ3v) is 2.90. The molecule has 0 radical (unpaired) electrons. The summed E-state index contributed by atoms with van der Waals surface area (Å²) in [5, 5.41) is 8.73. The standard InChI is InChI=1S/C9H9F4NOS/c10-5-1-2-6(14)7(3-5)16-4-8(15)9(11,12)13/h1-3,8,15H,4,14H2. The van der Waals surface area contributed by atoms with E-state index in [0.717, 1.165) is 12.1 Å². The second-order valence-electron chi connectivity index (χ2n) is 3.05. The van der Waals surface area contributed by atoms with Crippen molar-refractivity contribution in [3.05, 3.63) is 24.0 Å². The molecule has 0 saturated heterocycles. The summed E-state index contributed by atoms with van der Waals surface area (Å²) in [4.78, 5) is 0.184. The van der Waals surface area contributed by atoms with Gasteiger partial charge in [-0.15, -0.1) is 11.8 Å². The molecule has 1 rings (SSSR count). The number of nitrogen functional groups attached to an aromatic ring is 1. The predicted molar refractivity (Wildman–Crippen MR) is 53.6 cm³/mol. The van der Waals surface area contributed by atoms with E-state index in [9.17, 15) is 17.6 Å². The van der Waals surface area contributed by atoms with E-state index in [0.29, 0.717) is 11.8 Å². The molecule has 1 atom stereocenters. The van der Waals surface area contributed by atoms with Crippen LogP contribution < -0.4 is 5.73 Å². The lowest BCUT2D eigenvalue weighted by atomic mass is 10.3. The van der Waals surface area contributed by atoms with Crippen LogP contribution in [0.1, 0.15) is 0 Å². The van der Waals surface area contributed by atoms with Crippen molar-refractivity contribution < 1.29 is 22.7 Å². The van der Waals surface area contributed by atoms with Gasteiger partial charge in [-0.25, -0.2) is 4.39 Å². The number of rotatable bonds is 3. The first-order valence-corrected chi connectivity index (χ1v) is 5.22. The molecule has 1 unspecified atom stereocenters. The van der Waals surface area contributed by atoms with Crippen LogP contribution in [0.15, 0.2) is 23.1 Å². The van der Waals surface area contributed by atoms with Gasteiger partial charge in [0.2, 0.25) is 0 Å². The zero-order valence-corrected chi connectivity index (χ0v) is 8.78. The number of hydrogen-bond acceptors (Lipinski definition) is 3. The summed E-state index contributed by atoms with van der Waals surface area (Å²) < 4.78 is 48.6. The highest BCUT2D eigenvalue weighted by Gasteiger charge is 2.38. The molecule has 0 spiro atoms. The van der Waals surface area contributed by atoms with Gasteiger partial charge in [-0.3, -0.25) is 0 Å². The molecule has 16 heavy (non-hydrogen) atoms. The van der Waals surface area contributed by atoms with Gasteiger partial charge in [-0.05, 0) is 18.2 Å². The van der Waals surface area contributed by atoms with E-state index >= 15 is 0 Å². The fraction of sp³-hybridized carbons (Fsp3) is 0.333. The summed E-state index contributed by atoms with van der Waals surface area (Å²) in [6, 6.07) is 3.40. The molecule has 7 heteroatoms. The molecular weight excluding hydrogens is 246 g/mol. The van der Waals surface area contributed by atoms with Crippen molar-refractivity contribution in [3.63, 3.8) is 0 Å². The summed E-state index contributed by atoms with van der Waals surface area (Å²) >= 11 is 0.661. The predicted octanol–water partition coefficient (Wildman–Crippen LogP) is 2.42. The van der Waals surface area contributed by atoms with Gasteiger partial charge in [0.25, 0.3) is 0 Å². The number of halogens is 4. The van der Waals surface area contributed by atoms with Crippen LogP contribution in [0.25, 0.3) is 0 Å². The van der Waals surface area contributed by atoms with E-state index < -0.39 is 23.9 Å². The summed E-state index contributed by atoms with van der Waals surface area (Å²) in [7, 11) is 0. The number of benzene rings is 1. The normalized spacial score (nSPS) is 13.8. The second-order valence-corrected chi connectivity index (χ2v) is 4.11. The van der Waals surface area contributed by atoms with Crippen molar-refractivity contribution >= 4 is 17.4 Å². The first-order chi connectivity index (χ1) is 7.30. The van der Waals surface area contributed by atoms with Crippen LogP contribution in [0.2, 0.25) is 0 Å². The number of thioether (sulfide) groups is 1. The Labute approximate surface area is 93.4 Å². The molecule has 0 aliphatic carbocycles. The van der Waals surface area contributed by atoms with Gasteiger partial charge in [-0.2, -0.15) is 13.2 Å². The van der Waals surface area contributed by atoms with Crippen LogP contribution in [0, 0.1) is 5.82 Å². The Morgan fingerprint density at radius 1 is 1.38 bits per heavy atom. The lowest BCUT2D eigenvalue weighted by Gasteiger charge is -2.14. The Morgan fingerprint density at radius 3 is 2.56 bits per heavy atom. The highest BCUT2D eigenvalue weighted by Crippen LogP contribution is 2.30. The molecule has 3 N–H and O–H groups in total. The smallest absolute Gasteiger partial charge is 0.398 e. The summed E-state index contributed by atoms with van der Waals surface area (Å²) in [5.41, 5.74) is 5.62. The summed E-state index contributed by atoms with van der Waals surface area (Å²) in [6.07, 6.45) is -7.12. The topological polar surface area (TPSA) is 46.2 Å². The SMILES string of the molecule is Nc1ccc(F)cc1SCC(O)C(F)(F)F. The van der Waals surface area contributed by atoms with E-state index in [2.05, 4.69) is 0 Å². The number of alkyl halides is 3. The summed E-state index contributed by atoms with van der Waals surface area (Å²) in [6.45, 7) is 0. The van der Waals surface area contributed by atoms with Gasteiger partial charge in [0, 0.05) is 16.3 Å². The Bertz CT molecular complexity index is 369. The molecule has 1 aromatic rings. The molecule has 0 heterocycles. The minimum absolute atomic E-state index is 0.181. The number of aliphatic hydroxyl groups is 1. The molecule has 0 aromatic heterocycles. The fourth-order valence-electron chi connectivity index (χ4n) is 0.896. The number of hydrogen-bond donors (Lipinski definition) is 2. The number of anilines is 1. The molecule has 2 nitrogen and oxygen atoms in total. The third-order valence-electron chi connectivity index (χ3n) is 1.75. The maximum Gasteiger partial charge on any atom is 0.415 e. The first-order valence-electron chi connectivity index (χ1n) is 4.23. The van der Waals surface area contributed by atoms with Gasteiger partial charge in [0.1, 0.15) is 5.82 Å². The van der Waals surface area contributed by atoms with Crippen LogP contribution in [0.5, 0.6) is 0 Å². The largest absolute Gasteiger partial charge is 0.415 e. The summed E-state index contributed by atoms with van der Waals surface area (Å²) in [5.74, 6) is -1.20. The van der Waals surface area contributed by atoms with E-state index in [-0.39, 0.29) is 10.6 Å². The Kier molecular flexibility index (Phi) is 4.03. The maximum atomic E-state index is 12.8. The van der Waals surface area contributed by atoms with E-state index in [4.69, 9.17) is 10.8 Å². The first kappa shape index (κ1) is 13.1. The van der Waals surface area contributed by atoms with Crippen molar-refractivity contribution in [1.82, 2.24) is 0 Å². The van der Waals surface area contributed by atoms with Crippen LogP contribution >= 0.6 is 11.8 Å². The van der Waals surface area contributed by atoms with E-state index in [1.807, 2.05) is 0 Å². The van der Waals surface area contributed by atoms with Crippen LogP contribution in [-0.4, -0.2) is 23.1 Å². The quantitative estimate of drug-likeness (QED) is 0.495. The molecule has 0 saturated carbocycles. The van der Waals surface area contributed by atoms with Gasteiger partial charge >= 0.3 is 6.18 Å². The average Bonchev–Trinajstić information content (AvgIpc) is 2.17. The Balaban J connectivity index is 2.64. The van der Waals surface area contributed by atoms with Gasteiger partial charge in [0.05, 0.1) is 0 Å². The third kappa shape index (κ3) is 3.57. The van der Waals surface area contributed by atoms with Crippen molar-refractivity contribution in [3.8, 4) is 0 Å². The zero-order valence-electron chi connectivity index (χ0n) is 7.96. The zero-order chi connectivity index (χ0) is 12.3. The second kappa shape index (κ2) is 4.92. The van der Waals surface area contributed by atoms with Crippen molar-refractivity contribution in [2.75, 3.05) is 11.5 Å². The van der Waals surface area contributed by atoms with Crippen LogP contribution in [0.4, 0.5) is 23.2 Å². The van der Waals surface area contributed by atoms with Crippen molar-refractivity contribution in [1.29, 1.82) is 0 Å². The lowest BCUT2D eigenvalue weighted by molar-refractivity contribution is -0.195. The molecular formula is C9H9F4NOS. The van der Waals surface area contributed by atoms with Crippen LogP contribution in [-0.2, 0) is 0 Å². The van der Waals surface area contributed by atoms with Crippen LogP contribution in [0.3, 0.4) is 0 Å². The molecule has 1 aromatic carbocycles. The van der Waals surface area contributed by atoms with E-state index in [1.54, 1.807) is 0 Å². The van der Waals surface area contributed by atoms with Gasteiger partial charge < -0.3 is 10.8 Å². The minimum atomic E-state index is -4.67. The Hall–Kier alpha value is -0.950. The van der Waals surface area contributed by atoms with Crippen molar-refractivity contribution in [2.45, 2.75) is 17.2 Å². The molecule has 0 bridgehead atoms. The van der Waals surface area contributed by atoms with Crippen molar-refractivity contribution in [2.24, 2.45) is 0 Å². The number of aliphatic hydroxyl groups excluding tert-OH is 1. The number of nitrogens with two attached hydrogens (primary N) is 1. The average molecular weight is 255 g/mol. The highest BCUT2D eigenvalue weighted by atomic mass is 32.2. The van der Waals surface area contributed by atoms with Gasteiger partial charge in [0.15, 0.2) is 6.10 Å². The minimum Gasteiger partial charge on any atom is -0.398 e. The Morgan fingerprint density at radius 2 is 2.00 bits per heavy atom. The molecule has 0 aliphatic rings. The van der Waals surface area contributed by atoms with E-state index in [1.165, 1.54) is 6.07 Å². The fourth-order valence-corrected chi connectivity index (χ4v) is 1.85. The molecule has 0 amide bonds. The molecule has 0 fully saturated rings. The lowest BCUT2D eigenvalue weighted by Crippen LogP contribution is -2.30. The monoisotopic (exact) mass is 255 g/mol. The highest BCUT2D eigenvalue weighted by molar-refractivity contribution is 7.99. The molecule has 90 valence electrons. The molecule has 0 aliphatic heterocycles. The van der Waals surface area contributed by atoms with Gasteiger partial charge in [-0.1, -0.05) is 0 Å².